The first kappa shape index (κ1) is 18.2. The molecule has 120 valence electrons. The lowest BCUT2D eigenvalue weighted by Gasteiger charge is -2.27. The van der Waals surface area contributed by atoms with Crippen molar-refractivity contribution in [3.05, 3.63) is 24.3 Å². The summed E-state index contributed by atoms with van der Waals surface area (Å²) in [6.07, 6.45) is 0. The van der Waals surface area contributed by atoms with Crippen molar-refractivity contribution in [3.63, 3.8) is 0 Å². The summed E-state index contributed by atoms with van der Waals surface area (Å²) in [6, 6.07) is 6.59. The predicted molar refractivity (Wildman–Crippen MR) is 86.7 cm³/mol. The summed E-state index contributed by atoms with van der Waals surface area (Å²) in [5.41, 5.74) is 1.03. The van der Waals surface area contributed by atoms with Gasteiger partial charge in [-0.15, -0.1) is 0 Å². The smallest absolute Gasteiger partial charge is 0.286 e. The number of benzene rings is 1. The number of anilines is 1. The Balaban J connectivity index is 3.15. The molecule has 0 aliphatic heterocycles. The van der Waals surface area contributed by atoms with Gasteiger partial charge in [0.05, 0.1) is 6.61 Å². The maximum absolute atomic E-state index is 13.3. The Kier molecular flexibility index (Phi) is 7.40. The number of hydrogen-bond donors (Lipinski definition) is 0. The van der Waals surface area contributed by atoms with Gasteiger partial charge in [-0.2, -0.15) is 0 Å². The van der Waals surface area contributed by atoms with E-state index in [-0.39, 0.29) is 0 Å². The summed E-state index contributed by atoms with van der Waals surface area (Å²) >= 11 is 0. The molecule has 0 aromatic heterocycles. The first-order valence-electron chi connectivity index (χ1n) is 7.25. The lowest BCUT2D eigenvalue weighted by molar-refractivity contribution is -0.0875. The van der Waals surface area contributed by atoms with Crippen molar-refractivity contribution in [1.82, 2.24) is 0 Å². The molecule has 0 heterocycles. The van der Waals surface area contributed by atoms with Gasteiger partial charge in [-0.25, -0.2) is 0 Å². The Morgan fingerprint density at radius 3 is 1.90 bits per heavy atom. The largest absolute Gasteiger partial charge is 0.378 e. The predicted octanol–water partition coefficient (Wildman–Crippen LogP) is 3.05. The highest BCUT2D eigenvalue weighted by Gasteiger charge is 2.37. The Morgan fingerprint density at radius 2 is 1.52 bits per heavy atom. The highest BCUT2D eigenvalue weighted by atomic mass is 31.2. The summed E-state index contributed by atoms with van der Waals surface area (Å²) in [5, 5.41) is 0.613. The molecule has 1 unspecified atom stereocenters. The molecule has 0 saturated heterocycles. The lowest BCUT2D eigenvalue weighted by Crippen LogP contribution is -2.25. The van der Waals surface area contributed by atoms with Gasteiger partial charge in [-0.3, -0.25) is 4.57 Å². The van der Waals surface area contributed by atoms with E-state index in [9.17, 15) is 4.57 Å². The molecule has 0 amide bonds. The van der Waals surface area contributed by atoms with E-state index in [4.69, 9.17) is 14.0 Å². The highest BCUT2D eigenvalue weighted by molar-refractivity contribution is 7.67. The summed E-state index contributed by atoms with van der Waals surface area (Å²) in [7, 11) is 0.689. The van der Waals surface area contributed by atoms with Crippen molar-refractivity contribution in [3.8, 4) is 0 Å². The second-order valence-corrected chi connectivity index (χ2v) is 7.03. The van der Waals surface area contributed by atoms with Crippen molar-refractivity contribution in [2.45, 2.75) is 26.8 Å². The Hall–Kier alpha value is -0.870. The van der Waals surface area contributed by atoms with Crippen LogP contribution in [-0.4, -0.2) is 39.9 Å². The van der Waals surface area contributed by atoms with E-state index in [2.05, 4.69) is 0 Å². The molecule has 0 radical (unpaired) electrons. The Morgan fingerprint density at radius 1 is 1.00 bits per heavy atom. The van der Waals surface area contributed by atoms with Gasteiger partial charge in [0.1, 0.15) is 0 Å². The number of hydrogen-bond acceptors (Lipinski definition) is 5. The molecule has 1 aromatic carbocycles. The molecule has 0 aliphatic carbocycles. The van der Waals surface area contributed by atoms with Crippen LogP contribution in [0.3, 0.4) is 0 Å². The highest BCUT2D eigenvalue weighted by Crippen LogP contribution is 2.51. The van der Waals surface area contributed by atoms with Crippen LogP contribution in [0, 0.1) is 0 Å². The van der Waals surface area contributed by atoms with Crippen molar-refractivity contribution in [2.24, 2.45) is 0 Å². The van der Waals surface area contributed by atoms with Crippen molar-refractivity contribution in [1.29, 1.82) is 0 Å². The zero-order valence-electron chi connectivity index (χ0n) is 13.5. The first-order valence-corrected chi connectivity index (χ1v) is 8.94. The maximum Gasteiger partial charge on any atom is 0.286 e. The van der Waals surface area contributed by atoms with Gasteiger partial charge >= 0.3 is 0 Å². The quantitative estimate of drug-likeness (QED) is 0.518. The summed E-state index contributed by atoms with van der Waals surface area (Å²) < 4.78 is 29.9. The van der Waals surface area contributed by atoms with Gasteiger partial charge < -0.3 is 18.9 Å². The van der Waals surface area contributed by atoms with Gasteiger partial charge in [-0.1, -0.05) is 0 Å². The van der Waals surface area contributed by atoms with E-state index in [1.54, 1.807) is 0 Å². The fourth-order valence-corrected chi connectivity index (χ4v) is 4.09. The molecule has 0 bridgehead atoms. The summed E-state index contributed by atoms with van der Waals surface area (Å²) in [5.74, 6) is 0. The topological polar surface area (TPSA) is 48.0 Å². The van der Waals surface area contributed by atoms with Crippen LogP contribution in [0.25, 0.3) is 0 Å². The minimum Gasteiger partial charge on any atom is -0.378 e. The van der Waals surface area contributed by atoms with Crippen LogP contribution in [0.5, 0.6) is 0 Å². The molecule has 0 N–H and O–H groups in total. The monoisotopic (exact) mass is 315 g/mol. The van der Waals surface area contributed by atoms with Crippen LogP contribution < -0.4 is 10.2 Å². The van der Waals surface area contributed by atoms with E-state index in [1.807, 2.05) is 64.0 Å². The van der Waals surface area contributed by atoms with E-state index in [0.717, 1.165) is 5.69 Å². The average Bonchev–Trinajstić information content (AvgIpc) is 2.47. The third-order valence-corrected chi connectivity index (χ3v) is 5.46. The number of rotatable bonds is 9. The van der Waals surface area contributed by atoms with Gasteiger partial charge in [0.25, 0.3) is 7.37 Å². The minimum atomic E-state index is -3.23. The molecule has 0 spiro atoms. The second kappa shape index (κ2) is 8.54. The molecule has 0 saturated carbocycles. The van der Waals surface area contributed by atoms with E-state index in [0.29, 0.717) is 25.1 Å². The van der Waals surface area contributed by atoms with E-state index in [1.165, 1.54) is 0 Å². The van der Waals surface area contributed by atoms with Crippen LogP contribution in [0.1, 0.15) is 20.8 Å². The van der Waals surface area contributed by atoms with Crippen molar-refractivity contribution < 1.29 is 18.6 Å². The van der Waals surface area contributed by atoms with E-state index < -0.39 is 13.4 Å². The standard InChI is InChI=1S/C15H26NO4P/c1-6-18-15(19-7-2)21(17,20-8-3)14-11-9-13(10-12-14)16(4)5/h9-12,15H,6-8H2,1-5H3. The normalized spacial score (nSPS) is 14.2. The molecule has 1 atom stereocenters. The van der Waals surface area contributed by atoms with E-state index >= 15 is 0 Å². The lowest BCUT2D eigenvalue weighted by atomic mass is 10.3. The van der Waals surface area contributed by atoms with Gasteiger partial charge in [0.15, 0.2) is 0 Å². The fourth-order valence-electron chi connectivity index (χ4n) is 1.94. The van der Waals surface area contributed by atoms with Crippen LogP contribution in [0.2, 0.25) is 0 Å². The average molecular weight is 315 g/mol. The molecule has 6 heteroatoms. The second-order valence-electron chi connectivity index (χ2n) is 4.64. The van der Waals surface area contributed by atoms with Gasteiger partial charge in [0, 0.05) is 38.3 Å². The summed E-state index contributed by atoms with van der Waals surface area (Å²) in [4.78, 5) is 1.98. The third-order valence-electron chi connectivity index (χ3n) is 2.94. The molecule has 1 aromatic rings. The molecular weight excluding hydrogens is 289 g/mol. The fraction of sp³-hybridized carbons (Fsp3) is 0.600. The first-order chi connectivity index (χ1) is 9.99. The zero-order valence-corrected chi connectivity index (χ0v) is 14.4. The third kappa shape index (κ3) is 4.55. The van der Waals surface area contributed by atoms with Crippen LogP contribution in [-0.2, 0) is 18.6 Å². The molecule has 0 fully saturated rings. The van der Waals surface area contributed by atoms with Gasteiger partial charge in [0.2, 0.25) is 6.03 Å². The summed E-state index contributed by atoms with van der Waals surface area (Å²) in [6.45, 7) is 6.67. The Labute approximate surface area is 127 Å². The SMILES string of the molecule is CCOC(OCC)P(=O)(OCC)c1ccc(N(C)C)cc1. The Bertz CT molecular complexity index is 455. The van der Waals surface area contributed by atoms with Crippen molar-refractivity contribution >= 4 is 18.4 Å². The van der Waals surface area contributed by atoms with Crippen molar-refractivity contribution in [2.75, 3.05) is 38.8 Å². The molecular formula is C15H26NO4P. The van der Waals surface area contributed by atoms with Crippen LogP contribution in [0.15, 0.2) is 24.3 Å². The van der Waals surface area contributed by atoms with Crippen LogP contribution in [0.4, 0.5) is 5.69 Å². The van der Waals surface area contributed by atoms with Gasteiger partial charge in [-0.05, 0) is 45.0 Å². The maximum atomic E-state index is 13.3. The molecule has 1 rings (SSSR count). The number of ether oxygens (including phenoxy) is 2. The number of nitrogens with zero attached hydrogens (tertiary/aromatic N) is 1. The molecule has 21 heavy (non-hydrogen) atoms. The molecule has 0 aliphatic rings. The molecule has 5 nitrogen and oxygen atoms in total. The van der Waals surface area contributed by atoms with Crippen LogP contribution >= 0.6 is 7.37 Å². The minimum absolute atomic E-state index is 0.337. The zero-order chi connectivity index (χ0) is 15.9.